The summed E-state index contributed by atoms with van der Waals surface area (Å²) in [5.74, 6) is 0. The van der Waals surface area contributed by atoms with Crippen LogP contribution in [0.3, 0.4) is 0 Å². The topological polar surface area (TPSA) is 56.7 Å². The standard InChI is InChI=1S/C11H14N4/c1-2-6-15-8-10(12)11(14-15)9-4-3-5-13-7-9/h3-5,7-8H,2,6,12H2,1H3. The molecular formula is C11H14N4. The zero-order valence-electron chi connectivity index (χ0n) is 8.72. The van der Waals surface area contributed by atoms with E-state index in [9.17, 15) is 0 Å². The Morgan fingerprint density at radius 2 is 2.33 bits per heavy atom. The summed E-state index contributed by atoms with van der Waals surface area (Å²) in [6.07, 6.45) is 6.43. The smallest absolute Gasteiger partial charge is 0.117 e. The molecule has 78 valence electrons. The summed E-state index contributed by atoms with van der Waals surface area (Å²) in [4.78, 5) is 4.05. The van der Waals surface area contributed by atoms with Crippen LogP contribution in [-0.4, -0.2) is 14.8 Å². The normalized spacial score (nSPS) is 10.5. The molecule has 0 bridgehead atoms. The maximum Gasteiger partial charge on any atom is 0.117 e. The molecule has 4 nitrogen and oxygen atoms in total. The van der Waals surface area contributed by atoms with Crippen molar-refractivity contribution in [2.24, 2.45) is 0 Å². The van der Waals surface area contributed by atoms with Gasteiger partial charge in [0, 0.05) is 30.7 Å². The fraction of sp³-hybridized carbons (Fsp3) is 0.273. The van der Waals surface area contributed by atoms with Gasteiger partial charge in [-0.15, -0.1) is 0 Å². The lowest BCUT2D eigenvalue weighted by molar-refractivity contribution is 0.604. The molecule has 0 aliphatic carbocycles. The second kappa shape index (κ2) is 4.13. The minimum absolute atomic E-state index is 0.705. The van der Waals surface area contributed by atoms with E-state index in [1.54, 1.807) is 12.4 Å². The number of anilines is 1. The van der Waals surface area contributed by atoms with Crippen molar-refractivity contribution in [2.45, 2.75) is 19.9 Å². The van der Waals surface area contributed by atoms with Crippen LogP contribution in [0.1, 0.15) is 13.3 Å². The maximum absolute atomic E-state index is 5.89. The van der Waals surface area contributed by atoms with E-state index in [0.29, 0.717) is 5.69 Å². The summed E-state index contributed by atoms with van der Waals surface area (Å²) in [7, 11) is 0. The Morgan fingerprint density at radius 3 is 3.00 bits per heavy atom. The predicted molar refractivity (Wildman–Crippen MR) is 60.2 cm³/mol. The monoisotopic (exact) mass is 202 g/mol. The van der Waals surface area contributed by atoms with Crippen molar-refractivity contribution >= 4 is 5.69 Å². The van der Waals surface area contributed by atoms with Gasteiger partial charge in [0.1, 0.15) is 5.69 Å². The van der Waals surface area contributed by atoms with Gasteiger partial charge in [0.2, 0.25) is 0 Å². The largest absolute Gasteiger partial charge is 0.396 e. The van der Waals surface area contributed by atoms with Gasteiger partial charge in [-0.3, -0.25) is 9.67 Å². The third-order valence-corrected chi connectivity index (χ3v) is 2.18. The average Bonchev–Trinajstić information content (AvgIpc) is 2.61. The lowest BCUT2D eigenvalue weighted by Crippen LogP contribution is -1.96. The first kappa shape index (κ1) is 9.71. The summed E-state index contributed by atoms with van der Waals surface area (Å²) < 4.78 is 1.87. The Balaban J connectivity index is 2.36. The minimum atomic E-state index is 0.705. The molecule has 2 aromatic rings. The van der Waals surface area contributed by atoms with Gasteiger partial charge in [0.25, 0.3) is 0 Å². The van der Waals surface area contributed by atoms with Gasteiger partial charge >= 0.3 is 0 Å². The van der Waals surface area contributed by atoms with E-state index in [2.05, 4.69) is 17.0 Å². The molecule has 0 amide bonds. The second-order valence-electron chi connectivity index (χ2n) is 3.44. The first-order valence-electron chi connectivity index (χ1n) is 5.04. The molecule has 0 unspecified atom stereocenters. The highest BCUT2D eigenvalue weighted by molar-refractivity contribution is 5.71. The molecule has 4 heteroatoms. The third-order valence-electron chi connectivity index (χ3n) is 2.18. The highest BCUT2D eigenvalue weighted by Gasteiger charge is 2.07. The number of pyridine rings is 1. The Kier molecular flexibility index (Phi) is 2.67. The van der Waals surface area contributed by atoms with E-state index in [1.165, 1.54) is 0 Å². The summed E-state index contributed by atoms with van der Waals surface area (Å²) >= 11 is 0. The minimum Gasteiger partial charge on any atom is -0.396 e. The Labute approximate surface area is 88.8 Å². The van der Waals surface area contributed by atoms with Crippen LogP contribution in [0, 0.1) is 0 Å². The molecule has 2 aromatic heterocycles. The highest BCUT2D eigenvalue weighted by atomic mass is 15.3. The number of hydrogen-bond donors (Lipinski definition) is 1. The molecule has 2 rings (SSSR count). The fourth-order valence-electron chi connectivity index (χ4n) is 1.51. The van der Waals surface area contributed by atoms with Gasteiger partial charge in [-0.1, -0.05) is 6.92 Å². The van der Waals surface area contributed by atoms with Crippen molar-refractivity contribution in [1.82, 2.24) is 14.8 Å². The van der Waals surface area contributed by atoms with Crippen molar-refractivity contribution in [1.29, 1.82) is 0 Å². The van der Waals surface area contributed by atoms with Gasteiger partial charge < -0.3 is 5.73 Å². The third kappa shape index (κ3) is 1.98. The van der Waals surface area contributed by atoms with Crippen LogP contribution in [0.2, 0.25) is 0 Å². The zero-order valence-corrected chi connectivity index (χ0v) is 8.72. The first-order valence-corrected chi connectivity index (χ1v) is 5.04. The molecule has 0 spiro atoms. The number of aromatic nitrogens is 3. The molecule has 0 aliphatic rings. The van der Waals surface area contributed by atoms with Crippen LogP contribution in [-0.2, 0) is 6.54 Å². The Morgan fingerprint density at radius 1 is 1.47 bits per heavy atom. The van der Waals surface area contributed by atoms with E-state index < -0.39 is 0 Å². The summed E-state index contributed by atoms with van der Waals surface area (Å²) in [6, 6.07) is 3.84. The van der Waals surface area contributed by atoms with Crippen molar-refractivity contribution in [2.75, 3.05) is 5.73 Å². The Bertz CT molecular complexity index is 433. The Hall–Kier alpha value is -1.84. The van der Waals surface area contributed by atoms with Gasteiger partial charge in [0.05, 0.1) is 5.69 Å². The fourth-order valence-corrected chi connectivity index (χ4v) is 1.51. The molecule has 2 heterocycles. The molecule has 0 fully saturated rings. The number of aryl methyl sites for hydroxylation is 1. The van der Waals surface area contributed by atoms with Crippen LogP contribution in [0.25, 0.3) is 11.3 Å². The van der Waals surface area contributed by atoms with Gasteiger partial charge in [0.15, 0.2) is 0 Å². The molecule has 0 saturated heterocycles. The van der Waals surface area contributed by atoms with Crippen LogP contribution in [0.15, 0.2) is 30.7 Å². The van der Waals surface area contributed by atoms with Gasteiger partial charge in [-0.2, -0.15) is 5.10 Å². The quantitative estimate of drug-likeness (QED) is 0.827. The maximum atomic E-state index is 5.89. The van der Waals surface area contributed by atoms with Gasteiger partial charge in [-0.05, 0) is 18.6 Å². The van der Waals surface area contributed by atoms with E-state index in [1.807, 2.05) is 23.0 Å². The molecular weight excluding hydrogens is 188 g/mol. The molecule has 0 aliphatic heterocycles. The average molecular weight is 202 g/mol. The van der Waals surface area contributed by atoms with Crippen LogP contribution >= 0.6 is 0 Å². The predicted octanol–water partition coefficient (Wildman–Crippen LogP) is 1.94. The zero-order chi connectivity index (χ0) is 10.7. The van der Waals surface area contributed by atoms with E-state index in [-0.39, 0.29) is 0 Å². The van der Waals surface area contributed by atoms with Crippen molar-refractivity contribution in [3.63, 3.8) is 0 Å². The van der Waals surface area contributed by atoms with Crippen molar-refractivity contribution in [3.05, 3.63) is 30.7 Å². The van der Waals surface area contributed by atoms with E-state index in [4.69, 9.17) is 5.73 Å². The number of nitrogen functional groups attached to an aromatic ring is 1. The number of nitrogens with two attached hydrogens (primary N) is 1. The molecule has 0 saturated carbocycles. The summed E-state index contributed by atoms with van der Waals surface area (Å²) in [5.41, 5.74) is 8.38. The van der Waals surface area contributed by atoms with Crippen molar-refractivity contribution < 1.29 is 0 Å². The molecule has 15 heavy (non-hydrogen) atoms. The highest BCUT2D eigenvalue weighted by Crippen LogP contribution is 2.22. The number of hydrogen-bond acceptors (Lipinski definition) is 3. The SMILES string of the molecule is CCCn1cc(N)c(-c2cccnc2)n1. The van der Waals surface area contributed by atoms with E-state index in [0.717, 1.165) is 24.2 Å². The summed E-state index contributed by atoms with van der Waals surface area (Å²) in [5, 5.41) is 4.42. The second-order valence-corrected chi connectivity index (χ2v) is 3.44. The molecule has 0 atom stereocenters. The molecule has 2 N–H and O–H groups in total. The van der Waals surface area contributed by atoms with Crippen molar-refractivity contribution in [3.8, 4) is 11.3 Å². The van der Waals surface area contributed by atoms with E-state index >= 15 is 0 Å². The van der Waals surface area contributed by atoms with Gasteiger partial charge in [-0.25, -0.2) is 0 Å². The first-order chi connectivity index (χ1) is 7.31. The summed E-state index contributed by atoms with van der Waals surface area (Å²) in [6.45, 7) is 3.01. The van der Waals surface area contributed by atoms with Crippen LogP contribution in [0.4, 0.5) is 5.69 Å². The van der Waals surface area contributed by atoms with Crippen LogP contribution < -0.4 is 5.73 Å². The lowest BCUT2D eigenvalue weighted by atomic mass is 10.2. The number of rotatable bonds is 3. The molecule has 0 radical (unpaired) electrons. The number of nitrogens with zero attached hydrogens (tertiary/aromatic N) is 3. The lowest BCUT2D eigenvalue weighted by Gasteiger charge is -1.97. The molecule has 0 aromatic carbocycles. The van der Waals surface area contributed by atoms with Crippen LogP contribution in [0.5, 0.6) is 0 Å².